The van der Waals surface area contributed by atoms with Gasteiger partial charge in [-0.05, 0) is 19.3 Å². The maximum Gasteiger partial charge on any atom is 0.223 e. The molecule has 2 fully saturated rings. The lowest BCUT2D eigenvalue weighted by Crippen LogP contribution is -2.35. The van der Waals surface area contributed by atoms with E-state index in [-0.39, 0.29) is 5.91 Å². The average Bonchev–Trinajstić information content (AvgIpc) is 2.93. The molecule has 1 heterocycles. The highest BCUT2D eigenvalue weighted by Gasteiger charge is 2.29. The van der Waals surface area contributed by atoms with E-state index in [2.05, 4.69) is 5.32 Å². The van der Waals surface area contributed by atoms with Gasteiger partial charge >= 0.3 is 0 Å². The largest absolute Gasteiger partial charge is 0.359 e. The Morgan fingerprint density at radius 3 is 2.93 bits per heavy atom. The van der Waals surface area contributed by atoms with E-state index in [1.807, 2.05) is 4.90 Å². The van der Waals surface area contributed by atoms with E-state index in [4.69, 9.17) is 5.41 Å². The Kier molecular flexibility index (Phi) is 2.70. The van der Waals surface area contributed by atoms with Crippen LogP contribution < -0.4 is 5.32 Å². The molecule has 0 aromatic carbocycles. The van der Waals surface area contributed by atoms with Gasteiger partial charge in [0.1, 0.15) is 0 Å². The van der Waals surface area contributed by atoms with Crippen LogP contribution in [0.1, 0.15) is 25.7 Å². The van der Waals surface area contributed by atoms with E-state index in [1.54, 1.807) is 0 Å². The van der Waals surface area contributed by atoms with Crippen molar-refractivity contribution < 1.29 is 4.79 Å². The van der Waals surface area contributed by atoms with E-state index in [0.717, 1.165) is 44.6 Å². The molecule has 4 heteroatoms. The quantitative estimate of drug-likeness (QED) is 0.689. The summed E-state index contributed by atoms with van der Waals surface area (Å²) in [7, 11) is 0. The van der Waals surface area contributed by atoms with Crippen LogP contribution in [0.15, 0.2) is 0 Å². The maximum absolute atomic E-state index is 11.3. The summed E-state index contributed by atoms with van der Waals surface area (Å²) < 4.78 is 0. The highest BCUT2D eigenvalue weighted by Crippen LogP contribution is 2.28. The van der Waals surface area contributed by atoms with Crippen molar-refractivity contribution in [2.24, 2.45) is 5.92 Å². The Morgan fingerprint density at radius 1 is 1.57 bits per heavy atom. The number of hydrogen-bond donors (Lipinski definition) is 2. The summed E-state index contributed by atoms with van der Waals surface area (Å²) in [6.07, 6.45) is 4.11. The zero-order chi connectivity index (χ0) is 9.97. The first-order valence-corrected chi connectivity index (χ1v) is 5.37. The third kappa shape index (κ3) is 2.25. The van der Waals surface area contributed by atoms with Crippen LogP contribution in [0.5, 0.6) is 0 Å². The van der Waals surface area contributed by atoms with E-state index >= 15 is 0 Å². The summed E-state index contributed by atoms with van der Waals surface area (Å²) in [5.41, 5.74) is 0. The number of amides is 1. The number of nitrogens with one attached hydrogen (secondary N) is 2. The molecule has 4 nitrogen and oxygen atoms in total. The highest BCUT2D eigenvalue weighted by atomic mass is 16.2. The zero-order valence-electron chi connectivity index (χ0n) is 8.38. The van der Waals surface area contributed by atoms with Crippen LogP contribution in [-0.2, 0) is 4.79 Å². The van der Waals surface area contributed by atoms with Gasteiger partial charge in [-0.15, -0.1) is 0 Å². The number of likely N-dealkylation sites (tertiary alicyclic amines) is 1. The second-order valence-corrected chi connectivity index (χ2v) is 4.10. The molecule has 0 radical (unpaired) electrons. The summed E-state index contributed by atoms with van der Waals surface area (Å²) in [5, 5.41) is 10.5. The van der Waals surface area contributed by atoms with E-state index in [9.17, 15) is 4.79 Å². The normalized spacial score (nSPS) is 21.4. The van der Waals surface area contributed by atoms with E-state index in [1.165, 1.54) is 0 Å². The number of rotatable bonds is 4. The molecular formula is C10H17N3O. The lowest BCUT2D eigenvalue weighted by Gasteiger charge is -2.17. The molecular weight excluding hydrogens is 178 g/mol. The van der Waals surface area contributed by atoms with Gasteiger partial charge in [-0.1, -0.05) is 0 Å². The lowest BCUT2D eigenvalue weighted by atomic mass is 10.4. The van der Waals surface area contributed by atoms with Gasteiger partial charge in [0.25, 0.3) is 0 Å². The standard InChI is InChI=1S/C10H17N3O/c11-9-2-1-6-13(9)7-5-12-10(14)8-3-4-8/h8,11H,1-7H2,(H,12,14). The van der Waals surface area contributed by atoms with Gasteiger partial charge in [-0.3, -0.25) is 10.2 Å². The second kappa shape index (κ2) is 3.98. The molecule has 0 aromatic heterocycles. The van der Waals surface area contributed by atoms with Gasteiger partial charge in [0.2, 0.25) is 5.91 Å². The predicted molar refractivity (Wildman–Crippen MR) is 54.3 cm³/mol. The summed E-state index contributed by atoms with van der Waals surface area (Å²) in [6.45, 7) is 2.48. The number of amidine groups is 1. The molecule has 0 bridgehead atoms. The molecule has 1 aliphatic carbocycles. The maximum atomic E-state index is 11.3. The van der Waals surface area contributed by atoms with Crippen molar-refractivity contribution in [3.05, 3.63) is 0 Å². The first-order valence-electron chi connectivity index (χ1n) is 5.37. The Morgan fingerprint density at radius 2 is 2.36 bits per heavy atom. The molecule has 1 aliphatic heterocycles. The van der Waals surface area contributed by atoms with Crippen molar-refractivity contribution in [2.75, 3.05) is 19.6 Å². The summed E-state index contributed by atoms with van der Waals surface area (Å²) >= 11 is 0. The molecule has 0 spiro atoms. The van der Waals surface area contributed by atoms with Gasteiger partial charge in [0, 0.05) is 32.0 Å². The number of carbonyl (C=O) groups excluding carboxylic acids is 1. The molecule has 1 saturated carbocycles. The molecule has 2 aliphatic rings. The van der Waals surface area contributed by atoms with Crippen LogP contribution in [0.3, 0.4) is 0 Å². The second-order valence-electron chi connectivity index (χ2n) is 4.10. The van der Waals surface area contributed by atoms with Gasteiger partial charge in [0.15, 0.2) is 0 Å². The summed E-state index contributed by atoms with van der Waals surface area (Å²) in [4.78, 5) is 13.3. The monoisotopic (exact) mass is 195 g/mol. The van der Waals surface area contributed by atoms with Crippen molar-refractivity contribution >= 4 is 11.7 Å². The van der Waals surface area contributed by atoms with Crippen molar-refractivity contribution in [1.82, 2.24) is 10.2 Å². The average molecular weight is 195 g/mol. The minimum absolute atomic E-state index is 0.204. The lowest BCUT2D eigenvalue weighted by molar-refractivity contribution is -0.122. The van der Waals surface area contributed by atoms with Gasteiger partial charge in [-0.2, -0.15) is 0 Å². The van der Waals surface area contributed by atoms with Crippen molar-refractivity contribution in [3.63, 3.8) is 0 Å². The Labute approximate surface area is 84.2 Å². The molecule has 0 atom stereocenters. The van der Waals surface area contributed by atoms with Crippen molar-refractivity contribution in [1.29, 1.82) is 5.41 Å². The topological polar surface area (TPSA) is 56.2 Å². The molecule has 0 aromatic rings. The number of carbonyl (C=O) groups is 1. The van der Waals surface area contributed by atoms with E-state index < -0.39 is 0 Å². The smallest absolute Gasteiger partial charge is 0.223 e. The fraction of sp³-hybridized carbons (Fsp3) is 0.800. The van der Waals surface area contributed by atoms with Gasteiger partial charge in [-0.25, -0.2) is 0 Å². The molecule has 14 heavy (non-hydrogen) atoms. The predicted octanol–water partition coefficient (Wildman–Crippen LogP) is 0.586. The number of hydrogen-bond acceptors (Lipinski definition) is 2. The van der Waals surface area contributed by atoms with Crippen LogP contribution in [-0.4, -0.2) is 36.3 Å². The molecule has 1 amide bonds. The van der Waals surface area contributed by atoms with Crippen LogP contribution in [0.4, 0.5) is 0 Å². The van der Waals surface area contributed by atoms with Gasteiger partial charge in [0.05, 0.1) is 5.84 Å². The molecule has 2 N–H and O–H groups in total. The minimum Gasteiger partial charge on any atom is -0.359 e. The van der Waals surface area contributed by atoms with Gasteiger partial charge < -0.3 is 10.2 Å². The fourth-order valence-corrected chi connectivity index (χ4v) is 1.78. The summed E-state index contributed by atoms with van der Waals surface area (Å²) in [6, 6.07) is 0. The molecule has 0 unspecified atom stereocenters. The zero-order valence-corrected chi connectivity index (χ0v) is 8.38. The molecule has 78 valence electrons. The Balaban J connectivity index is 1.62. The summed E-state index contributed by atoms with van der Waals surface area (Å²) in [5.74, 6) is 1.23. The highest BCUT2D eigenvalue weighted by molar-refractivity contribution is 5.82. The molecule has 1 saturated heterocycles. The minimum atomic E-state index is 0.204. The van der Waals surface area contributed by atoms with E-state index in [0.29, 0.717) is 12.5 Å². The Bertz CT molecular complexity index is 248. The number of nitrogens with zero attached hydrogens (tertiary/aromatic N) is 1. The first kappa shape index (κ1) is 9.49. The van der Waals surface area contributed by atoms with Crippen LogP contribution in [0, 0.1) is 11.3 Å². The van der Waals surface area contributed by atoms with Crippen LogP contribution in [0.25, 0.3) is 0 Å². The van der Waals surface area contributed by atoms with Crippen LogP contribution >= 0.6 is 0 Å². The molecule has 2 rings (SSSR count). The fourth-order valence-electron chi connectivity index (χ4n) is 1.78. The van der Waals surface area contributed by atoms with Crippen LogP contribution in [0.2, 0.25) is 0 Å². The SMILES string of the molecule is N=C1CCCN1CCNC(=O)C1CC1. The van der Waals surface area contributed by atoms with Crippen molar-refractivity contribution in [2.45, 2.75) is 25.7 Å². The third-order valence-electron chi connectivity index (χ3n) is 2.85. The van der Waals surface area contributed by atoms with Crippen molar-refractivity contribution in [3.8, 4) is 0 Å². The third-order valence-corrected chi connectivity index (χ3v) is 2.85. The first-order chi connectivity index (χ1) is 6.77. The Hall–Kier alpha value is -1.06.